The summed E-state index contributed by atoms with van der Waals surface area (Å²) in [4.78, 5) is 29.6. The van der Waals surface area contributed by atoms with Gasteiger partial charge < -0.3 is 14.5 Å². The number of benzene rings is 1. The molecule has 4 rings (SSSR count). The average Bonchev–Trinajstić information content (AvgIpc) is 3.24. The minimum absolute atomic E-state index is 0.0238. The fraction of sp³-hybridized carbons (Fsp3) is 0.619. The zero-order valence-electron chi connectivity index (χ0n) is 16.1. The van der Waals surface area contributed by atoms with Gasteiger partial charge in [0.05, 0.1) is 12.0 Å². The molecule has 2 fully saturated rings. The van der Waals surface area contributed by atoms with E-state index in [2.05, 4.69) is 4.90 Å². The highest BCUT2D eigenvalue weighted by Crippen LogP contribution is 2.66. The lowest BCUT2D eigenvalue weighted by Gasteiger charge is -2.37. The van der Waals surface area contributed by atoms with Crippen molar-refractivity contribution in [2.45, 2.75) is 31.8 Å². The molecule has 1 aliphatic heterocycles. The Labute approximate surface area is 155 Å². The molecule has 1 amide bonds. The minimum atomic E-state index is -0.466. The summed E-state index contributed by atoms with van der Waals surface area (Å²) in [5.41, 5.74) is 1.31. The lowest BCUT2D eigenvalue weighted by Crippen LogP contribution is -2.45. The van der Waals surface area contributed by atoms with Crippen LogP contribution in [0, 0.1) is 24.7 Å². The molecule has 1 aromatic rings. The number of nitrogens with zero attached hydrogens (tertiary/aromatic N) is 2. The number of ether oxygens (including phenoxy) is 1. The van der Waals surface area contributed by atoms with Gasteiger partial charge in [0, 0.05) is 32.0 Å². The van der Waals surface area contributed by atoms with Crippen molar-refractivity contribution in [2.24, 2.45) is 17.8 Å². The van der Waals surface area contributed by atoms with Crippen LogP contribution in [-0.2, 0) is 4.79 Å². The summed E-state index contributed by atoms with van der Waals surface area (Å²) in [7, 11) is 5.91. The number of likely N-dealkylation sites (N-methyl/N-ethyl adjacent to an activating group) is 2. The average molecular weight is 356 g/mol. The van der Waals surface area contributed by atoms with Crippen LogP contribution in [0.25, 0.3) is 0 Å². The maximum Gasteiger partial charge on any atom is 0.226 e. The monoisotopic (exact) mass is 356 g/mol. The van der Waals surface area contributed by atoms with Crippen LogP contribution < -0.4 is 4.74 Å². The molecule has 1 spiro atoms. The second kappa shape index (κ2) is 6.08. The molecule has 2 saturated carbocycles. The van der Waals surface area contributed by atoms with Crippen molar-refractivity contribution in [3.05, 3.63) is 29.3 Å². The number of carbonyl (C=O) groups is 2. The van der Waals surface area contributed by atoms with E-state index in [1.165, 1.54) is 0 Å². The van der Waals surface area contributed by atoms with Crippen molar-refractivity contribution < 1.29 is 14.3 Å². The normalized spacial score (nSPS) is 31.6. The molecule has 1 heterocycles. The van der Waals surface area contributed by atoms with Gasteiger partial charge in [-0.15, -0.1) is 0 Å². The topological polar surface area (TPSA) is 49.9 Å². The zero-order chi connectivity index (χ0) is 18.6. The van der Waals surface area contributed by atoms with Gasteiger partial charge in [-0.2, -0.15) is 0 Å². The summed E-state index contributed by atoms with van der Waals surface area (Å²) in [5, 5.41) is 0. The number of rotatable bonds is 4. The number of hydrogen-bond acceptors (Lipinski definition) is 4. The van der Waals surface area contributed by atoms with E-state index in [4.69, 9.17) is 4.74 Å². The lowest BCUT2D eigenvalue weighted by atomic mass is 9.84. The fourth-order valence-corrected chi connectivity index (χ4v) is 4.98. The quantitative estimate of drug-likeness (QED) is 0.831. The number of aryl methyl sites for hydroxylation is 1. The van der Waals surface area contributed by atoms with Crippen molar-refractivity contribution in [1.29, 1.82) is 0 Å². The number of amides is 1. The van der Waals surface area contributed by atoms with Gasteiger partial charge in [-0.05, 0) is 51.9 Å². The highest BCUT2D eigenvalue weighted by Gasteiger charge is 2.70. The number of ketones is 1. The zero-order valence-corrected chi connectivity index (χ0v) is 16.1. The molecule has 3 aliphatic rings. The first-order valence-corrected chi connectivity index (χ1v) is 9.55. The van der Waals surface area contributed by atoms with Crippen LogP contribution in [0.2, 0.25) is 0 Å². The SMILES string of the molecule is Cc1ccc2c(c1)C(=O)C[C@]1(CC[C@@H]3[C@H](C(=O)N(C)CCN(C)C)[C@@H]31)O2. The molecule has 0 unspecified atom stereocenters. The molecule has 0 radical (unpaired) electrons. The van der Waals surface area contributed by atoms with Gasteiger partial charge in [-0.25, -0.2) is 0 Å². The number of carbonyl (C=O) groups excluding carboxylic acids is 2. The second-order valence-electron chi connectivity index (χ2n) is 8.58. The Bertz CT molecular complexity index is 760. The maximum atomic E-state index is 12.9. The molecule has 140 valence electrons. The van der Waals surface area contributed by atoms with Gasteiger partial charge >= 0.3 is 0 Å². The molecular formula is C21H28N2O3. The second-order valence-corrected chi connectivity index (χ2v) is 8.58. The summed E-state index contributed by atoms with van der Waals surface area (Å²) in [6, 6.07) is 5.82. The van der Waals surface area contributed by atoms with Gasteiger partial charge in [0.1, 0.15) is 11.4 Å². The maximum absolute atomic E-state index is 12.9. The summed E-state index contributed by atoms with van der Waals surface area (Å²) in [5.74, 6) is 1.67. The molecule has 4 atom stereocenters. The Balaban J connectivity index is 1.51. The van der Waals surface area contributed by atoms with E-state index >= 15 is 0 Å². The standard InChI is InChI=1S/C21H28N2O3/c1-13-5-6-17-15(11-13)16(24)12-21(26-17)8-7-14-18(19(14)21)20(25)23(4)10-9-22(2)3/h5-6,11,14,18-19H,7-10,12H2,1-4H3/t14-,18+,19-,21+/m1/s1. The molecule has 5 heteroatoms. The molecule has 1 aromatic carbocycles. The van der Waals surface area contributed by atoms with Crippen LogP contribution in [0.4, 0.5) is 0 Å². The highest BCUT2D eigenvalue weighted by atomic mass is 16.5. The van der Waals surface area contributed by atoms with E-state index in [-0.39, 0.29) is 23.5 Å². The number of Topliss-reactive ketones (excluding diaryl/α,β-unsaturated/α-hetero) is 1. The van der Waals surface area contributed by atoms with Crippen molar-refractivity contribution in [1.82, 2.24) is 9.80 Å². The third kappa shape index (κ3) is 2.73. The fourth-order valence-electron chi connectivity index (χ4n) is 4.98. The molecule has 26 heavy (non-hydrogen) atoms. The smallest absolute Gasteiger partial charge is 0.226 e. The van der Waals surface area contributed by atoms with Crippen LogP contribution in [0.15, 0.2) is 18.2 Å². The number of hydrogen-bond donors (Lipinski definition) is 0. The molecule has 0 saturated heterocycles. The van der Waals surface area contributed by atoms with Crippen LogP contribution in [0.3, 0.4) is 0 Å². The Morgan fingerprint density at radius 2 is 2.04 bits per heavy atom. The summed E-state index contributed by atoms with van der Waals surface area (Å²) < 4.78 is 6.42. The first kappa shape index (κ1) is 17.5. The predicted molar refractivity (Wildman–Crippen MR) is 99.4 cm³/mol. The highest BCUT2D eigenvalue weighted by molar-refractivity contribution is 6.01. The summed E-state index contributed by atoms with van der Waals surface area (Å²) >= 11 is 0. The first-order valence-electron chi connectivity index (χ1n) is 9.55. The van der Waals surface area contributed by atoms with E-state index in [1.54, 1.807) is 0 Å². The van der Waals surface area contributed by atoms with Crippen LogP contribution in [0.5, 0.6) is 5.75 Å². The Kier molecular flexibility index (Phi) is 4.10. The van der Waals surface area contributed by atoms with Gasteiger partial charge in [0.2, 0.25) is 5.91 Å². The van der Waals surface area contributed by atoms with Gasteiger partial charge in [-0.3, -0.25) is 9.59 Å². The third-order valence-corrected chi connectivity index (χ3v) is 6.43. The summed E-state index contributed by atoms with van der Waals surface area (Å²) in [6.45, 7) is 3.58. The molecule has 2 aliphatic carbocycles. The van der Waals surface area contributed by atoms with E-state index < -0.39 is 5.60 Å². The summed E-state index contributed by atoms with van der Waals surface area (Å²) in [6.07, 6.45) is 2.28. The van der Waals surface area contributed by atoms with Crippen molar-refractivity contribution in [3.63, 3.8) is 0 Å². The van der Waals surface area contributed by atoms with Crippen molar-refractivity contribution in [2.75, 3.05) is 34.2 Å². The van der Waals surface area contributed by atoms with E-state index in [0.717, 1.165) is 31.5 Å². The molecule has 0 aromatic heterocycles. The van der Waals surface area contributed by atoms with E-state index in [1.807, 2.05) is 51.2 Å². The van der Waals surface area contributed by atoms with Crippen LogP contribution >= 0.6 is 0 Å². The van der Waals surface area contributed by atoms with Crippen molar-refractivity contribution >= 4 is 11.7 Å². The Hall–Kier alpha value is -1.88. The van der Waals surface area contributed by atoms with Crippen LogP contribution in [-0.4, -0.2) is 61.3 Å². The van der Waals surface area contributed by atoms with E-state index in [0.29, 0.717) is 23.7 Å². The largest absolute Gasteiger partial charge is 0.486 e. The van der Waals surface area contributed by atoms with Gasteiger partial charge in [-0.1, -0.05) is 11.6 Å². The molecule has 5 nitrogen and oxygen atoms in total. The van der Waals surface area contributed by atoms with Crippen molar-refractivity contribution in [3.8, 4) is 5.75 Å². The van der Waals surface area contributed by atoms with Crippen LogP contribution in [0.1, 0.15) is 35.2 Å². The van der Waals surface area contributed by atoms with E-state index in [9.17, 15) is 9.59 Å². The Morgan fingerprint density at radius 3 is 2.77 bits per heavy atom. The predicted octanol–water partition coefficient (Wildman–Crippen LogP) is 2.38. The lowest BCUT2D eigenvalue weighted by molar-refractivity contribution is -0.133. The molecular weight excluding hydrogens is 328 g/mol. The van der Waals surface area contributed by atoms with Gasteiger partial charge in [0.25, 0.3) is 0 Å². The van der Waals surface area contributed by atoms with Gasteiger partial charge in [0.15, 0.2) is 5.78 Å². The molecule has 0 N–H and O–H groups in total. The first-order chi connectivity index (χ1) is 12.3. The Morgan fingerprint density at radius 1 is 1.27 bits per heavy atom. The molecule has 0 bridgehead atoms. The minimum Gasteiger partial charge on any atom is -0.486 e. The third-order valence-electron chi connectivity index (χ3n) is 6.43. The number of fused-ring (bicyclic) bond motifs is 3.